The quantitative estimate of drug-likeness (QED) is 0.332. The predicted molar refractivity (Wildman–Crippen MR) is 108 cm³/mol. The Morgan fingerprint density at radius 2 is 1.48 bits per heavy atom. The molecule has 2 aromatic rings. The van der Waals surface area contributed by atoms with E-state index < -0.39 is 10.1 Å². The number of benzene rings is 2. The summed E-state index contributed by atoms with van der Waals surface area (Å²) in [5.41, 5.74) is 1.93. The smallest absolute Gasteiger partial charge is 0.744 e. The molecule has 27 heavy (non-hydrogen) atoms. The van der Waals surface area contributed by atoms with Gasteiger partial charge in [0.15, 0.2) is 0 Å². The molecule has 0 atom stereocenters. The van der Waals surface area contributed by atoms with Crippen molar-refractivity contribution in [1.82, 2.24) is 0 Å². The molecule has 0 amide bonds. The molecule has 0 saturated heterocycles. The molecule has 2 aromatic carbocycles. The van der Waals surface area contributed by atoms with E-state index in [0.717, 1.165) is 61.5 Å². The van der Waals surface area contributed by atoms with Crippen LogP contribution in [0.3, 0.4) is 0 Å². The Hall–Kier alpha value is -0.390. The molecule has 0 aromatic heterocycles. The Bertz CT molecular complexity index is 816. The molecule has 0 aliphatic heterocycles. The summed E-state index contributed by atoms with van der Waals surface area (Å²) in [6.45, 7) is 4.34. The van der Waals surface area contributed by atoms with Crippen LogP contribution in [0.4, 0.5) is 0 Å². The number of hydrogen-bond acceptors (Lipinski definition) is 3. The van der Waals surface area contributed by atoms with E-state index in [1.54, 1.807) is 6.07 Å². The molecular formula is C22H31NaO3S. The molecule has 0 spiro atoms. The minimum Gasteiger partial charge on any atom is -0.744 e. The van der Waals surface area contributed by atoms with Crippen molar-refractivity contribution in [2.75, 3.05) is 0 Å². The fourth-order valence-corrected chi connectivity index (χ4v) is 4.37. The first-order chi connectivity index (χ1) is 12.5. The van der Waals surface area contributed by atoms with Crippen molar-refractivity contribution in [2.45, 2.75) is 83.0 Å². The number of unbranched alkanes of at least 4 members (excludes halogenated alkanes) is 6. The topological polar surface area (TPSA) is 57.2 Å². The van der Waals surface area contributed by atoms with Gasteiger partial charge in [0, 0.05) is 5.39 Å². The molecule has 0 heterocycles. The van der Waals surface area contributed by atoms with Crippen molar-refractivity contribution >= 4 is 20.9 Å². The van der Waals surface area contributed by atoms with Crippen LogP contribution in [-0.4, -0.2) is 13.0 Å². The van der Waals surface area contributed by atoms with Crippen LogP contribution < -0.4 is 29.6 Å². The van der Waals surface area contributed by atoms with E-state index in [9.17, 15) is 13.0 Å². The summed E-state index contributed by atoms with van der Waals surface area (Å²) >= 11 is 0. The van der Waals surface area contributed by atoms with Crippen LogP contribution in [0.2, 0.25) is 0 Å². The summed E-state index contributed by atoms with van der Waals surface area (Å²) in [5, 5.41) is 1.51. The SMILES string of the molecule is CCCCCCc1cc(S(=O)(=O)[O-])c2c(CCCCCC)cccc2c1.[Na+]. The van der Waals surface area contributed by atoms with E-state index in [4.69, 9.17) is 0 Å². The molecule has 0 aliphatic carbocycles. The van der Waals surface area contributed by atoms with Crippen LogP contribution >= 0.6 is 0 Å². The molecule has 0 N–H and O–H groups in total. The van der Waals surface area contributed by atoms with E-state index in [1.165, 1.54) is 19.3 Å². The number of hydrogen-bond donors (Lipinski definition) is 0. The zero-order chi connectivity index (χ0) is 19.0. The van der Waals surface area contributed by atoms with Crippen molar-refractivity contribution in [1.29, 1.82) is 0 Å². The molecular weight excluding hydrogens is 367 g/mol. The van der Waals surface area contributed by atoms with Crippen LogP contribution in [0.15, 0.2) is 35.2 Å². The van der Waals surface area contributed by atoms with Crippen molar-refractivity contribution in [3.05, 3.63) is 41.5 Å². The Labute approximate surface area is 187 Å². The van der Waals surface area contributed by atoms with Crippen molar-refractivity contribution in [3.8, 4) is 0 Å². The van der Waals surface area contributed by atoms with Gasteiger partial charge in [0.1, 0.15) is 10.1 Å². The first-order valence-corrected chi connectivity index (χ1v) is 11.4. The van der Waals surface area contributed by atoms with E-state index in [-0.39, 0.29) is 34.5 Å². The number of fused-ring (bicyclic) bond motifs is 1. The minimum atomic E-state index is -4.49. The van der Waals surface area contributed by atoms with Gasteiger partial charge in [0.05, 0.1) is 4.90 Å². The zero-order valence-corrected chi connectivity index (χ0v) is 19.9. The predicted octanol–water partition coefficient (Wildman–Crippen LogP) is 2.99. The normalized spacial score (nSPS) is 11.5. The summed E-state index contributed by atoms with van der Waals surface area (Å²) < 4.78 is 35.8. The van der Waals surface area contributed by atoms with Gasteiger partial charge < -0.3 is 4.55 Å². The Kier molecular flexibility index (Phi) is 11.2. The van der Waals surface area contributed by atoms with Gasteiger partial charge in [-0.25, -0.2) is 8.42 Å². The van der Waals surface area contributed by atoms with Crippen molar-refractivity contribution in [3.63, 3.8) is 0 Å². The van der Waals surface area contributed by atoms with Gasteiger partial charge in [-0.05, 0) is 48.3 Å². The molecule has 0 unspecified atom stereocenters. The monoisotopic (exact) mass is 398 g/mol. The maximum Gasteiger partial charge on any atom is 1.00 e. The Morgan fingerprint density at radius 3 is 2.07 bits per heavy atom. The first-order valence-electron chi connectivity index (χ1n) is 9.97. The third-order valence-corrected chi connectivity index (χ3v) is 5.84. The summed E-state index contributed by atoms with van der Waals surface area (Å²) in [4.78, 5) is -0.0356. The number of rotatable bonds is 11. The van der Waals surface area contributed by atoms with Crippen LogP contribution in [0.5, 0.6) is 0 Å². The molecule has 0 aliphatic rings. The Balaban J connectivity index is 0.00000364. The second kappa shape index (κ2) is 12.2. The maximum absolute atomic E-state index is 11.9. The second-order valence-electron chi connectivity index (χ2n) is 7.18. The van der Waals surface area contributed by atoms with E-state index >= 15 is 0 Å². The molecule has 144 valence electrons. The standard InChI is InChI=1S/C22H32O3S.Na/c1-3-5-7-9-12-18-16-20-15-11-14-19(13-10-8-6-4-2)22(20)21(17-18)26(23,24)25;/h11,14-17H,3-10,12-13H2,1-2H3,(H,23,24,25);/q;+1/p-1. The van der Waals surface area contributed by atoms with Crippen LogP contribution in [0, 0.1) is 0 Å². The van der Waals surface area contributed by atoms with Gasteiger partial charge in [-0.1, -0.05) is 76.6 Å². The van der Waals surface area contributed by atoms with E-state index in [1.807, 2.05) is 18.2 Å². The first kappa shape index (κ1) is 24.6. The molecule has 0 saturated carbocycles. The van der Waals surface area contributed by atoms with Gasteiger partial charge in [-0.15, -0.1) is 0 Å². The average molecular weight is 399 g/mol. The fourth-order valence-electron chi connectivity index (χ4n) is 3.57. The fraction of sp³-hybridized carbons (Fsp3) is 0.545. The summed E-state index contributed by atoms with van der Waals surface area (Å²) in [6, 6.07) is 9.54. The van der Waals surface area contributed by atoms with Gasteiger partial charge in [-0.2, -0.15) is 0 Å². The van der Waals surface area contributed by atoms with Gasteiger partial charge in [0.2, 0.25) is 0 Å². The molecule has 3 nitrogen and oxygen atoms in total. The van der Waals surface area contributed by atoms with E-state index in [0.29, 0.717) is 5.39 Å². The summed E-state index contributed by atoms with van der Waals surface area (Å²) in [7, 11) is -4.49. The number of aryl methyl sites for hydroxylation is 2. The molecule has 0 radical (unpaired) electrons. The van der Waals surface area contributed by atoms with Crippen molar-refractivity contribution in [2.24, 2.45) is 0 Å². The maximum atomic E-state index is 11.9. The molecule has 0 bridgehead atoms. The zero-order valence-electron chi connectivity index (χ0n) is 17.1. The van der Waals surface area contributed by atoms with Gasteiger partial charge in [0.25, 0.3) is 0 Å². The molecule has 5 heteroatoms. The second-order valence-corrected chi connectivity index (χ2v) is 8.53. The average Bonchev–Trinajstić information content (AvgIpc) is 2.61. The van der Waals surface area contributed by atoms with Gasteiger partial charge >= 0.3 is 29.6 Å². The van der Waals surface area contributed by atoms with Gasteiger partial charge in [-0.3, -0.25) is 0 Å². The van der Waals surface area contributed by atoms with E-state index in [2.05, 4.69) is 19.9 Å². The Morgan fingerprint density at radius 1 is 0.852 bits per heavy atom. The molecule has 0 fully saturated rings. The molecule has 2 rings (SSSR count). The third-order valence-electron chi connectivity index (χ3n) is 4.97. The third kappa shape index (κ3) is 7.51. The van der Waals surface area contributed by atoms with Crippen LogP contribution in [-0.2, 0) is 23.0 Å². The van der Waals surface area contributed by atoms with Crippen LogP contribution in [0.25, 0.3) is 10.8 Å². The summed E-state index contributed by atoms with van der Waals surface area (Å²) in [5.74, 6) is 0. The summed E-state index contributed by atoms with van der Waals surface area (Å²) in [6.07, 6.45) is 10.6. The van der Waals surface area contributed by atoms with Crippen LogP contribution in [0.1, 0.15) is 76.3 Å². The largest absolute Gasteiger partial charge is 1.00 e. The minimum absolute atomic E-state index is 0. The van der Waals surface area contributed by atoms with Crippen molar-refractivity contribution < 1.29 is 42.5 Å².